The number of fused-ring (bicyclic) bond motifs is 4. The van der Waals surface area contributed by atoms with Crippen LogP contribution in [-0.4, -0.2) is 28.6 Å². The normalized spacial score (nSPS) is 16.9. The quantitative estimate of drug-likeness (QED) is 0.691. The van der Waals surface area contributed by atoms with Crippen LogP contribution in [0.1, 0.15) is 47.6 Å². The third-order valence-electron chi connectivity index (χ3n) is 6.26. The fourth-order valence-corrected chi connectivity index (χ4v) is 4.88. The maximum atomic E-state index is 11.5. The molecule has 156 valence electrons. The van der Waals surface area contributed by atoms with Gasteiger partial charge >= 0.3 is 5.97 Å². The highest BCUT2D eigenvalue weighted by atomic mass is 16.4. The Morgan fingerprint density at radius 2 is 1.83 bits per heavy atom. The summed E-state index contributed by atoms with van der Waals surface area (Å²) in [5, 5.41) is 12.9. The number of aryl methyl sites for hydroxylation is 2. The molecule has 2 heterocycles. The molecule has 1 aliphatic heterocycles. The highest BCUT2D eigenvalue weighted by Crippen LogP contribution is 2.33. The fraction of sp³-hybridized carbons (Fsp3) is 0.360. The molecule has 1 atom stereocenters. The van der Waals surface area contributed by atoms with Crippen molar-refractivity contribution in [3.8, 4) is 0 Å². The Balaban J connectivity index is 0.000000151. The topological polar surface area (TPSA) is 71.3 Å². The van der Waals surface area contributed by atoms with Gasteiger partial charge in [-0.15, -0.1) is 0 Å². The summed E-state index contributed by atoms with van der Waals surface area (Å²) in [5.41, 5.74) is 5.99. The largest absolute Gasteiger partial charge is 0.481 e. The number of carbonyl (C=O) groups is 2. The minimum atomic E-state index is -0.741. The highest BCUT2D eigenvalue weighted by molar-refractivity contribution is 5.89. The summed E-state index contributed by atoms with van der Waals surface area (Å²) in [6.45, 7) is 1.02. The van der Waals surface area contributed by atoms with Crippen molar-refractivity contribution in [3.05, 3.63) is 70.9 Å². The van der Waals surface area contributed by atoms with Crippen LogP contribution in [0.5, 0.6) is 0 Å². The number of likely N-dealkylation sites (N-methyl/N-ethyl adjacent to an activating group) is 1. The van der Waals surface area contributed by atoms with Crippen LogP contribution in [0.3, 0.4) is 0 Å². The van der Waals surface area contributed by atoms with Gasteiger partial charge in [0.25, 0.3) is 0 Å². The van der Waals surface area contributed by atoms with Crippen molar-refractivity contribution in [3.63, 3.8) is 0 Å². The van der Waals surface area contributed by atoms with E-state index in [1.165, 1.54) is 35.2 Å². The Hall–Kier alpha value is -3.08. The average molecular weight is 405 g/mol. The second-order valence-electron chi connectivity index (χ2n) is 8.03. The number of para-hydroxylation sites is 1. The van der Waals surface area contributed by atoms with Crippen molar-refractivity contribution < 1.29 is 14.7 Å². The summed E-state index contributed by atoms with van der Waals surface area (Å²) in [6, 6.07) is 16.3. The molecule has 2 aromatic carbocycles. The number of carboxylic acids is 1. The molecule has 2 N–H and O–H groups in total. The van der Waals surface area contributed by atoms with Crippen LogP contribution >= 0.6 is 0 Å². The van der Waals surface area contributed by atoms with Crippen LogP contribution in [0.2, 0.25) is 0 Å². The van der Waals surface area contributed by atoms with E-state index in [9.17, 15) is 9.59 Å². The van der Waals surface area contributed by atoms with Crippen molar-refractivity contribution in [1.29, 1.82) is 0 Å². The molecule has 2 aliphatic rings. The van der Waals surface area contributed by atoms with E-state index in [-0.39, 0.29) is 18.2 Å². The minimum Gasteiger partial charge on any atom is -0.481 e. The highest BCUT2D eigenvalue weighted by Gasteiger charge is 2.27. The van der Waals surface area contributed by atoms with E-state index in [2.05, 4.69) is 28.1 Å². The lowest BCUT2D eigenvalue weighted by molar-refractivity contribution is -0.136. The third-order valence-corrected chi connectivity index (χ3v) is 6.26. The van der Waals surface area contributed by atoms with E-state index in [1.54, 1.807) is 7.05 Å². The smallest absolute Gasteiger partial charge is 0.307 e. The van der Waals surface area contributed by atoms with Gasteiger partial charge in [-0.05, 0) is 54.9 Å². The first-order valence-corrected chi connectivity index (χ1v) is 10.7. The molecule has 30 heavy (non-hydrogen) atoms. The molecule has 3 aromatic rings. The van der Waals surface area contributed by atoms with Crippen LogP contribution in [0, 0.1) is 0 Å². The molecule has 1 amide bonds. The Morgan fingerprint density at radius 1 is 1.07 bits per heavy atom. The van der Waals surface area contributed by atoms with Crippen molar-refractivity contribution in [2.75, 3.05) is 7.05 Å². The summed E-state index contributed by atoms with van der Waals surface area (Å²) >= 11 is 0. The predicted octanol–water partition coefficient (Wildman–Crippen LogP) is 4.07. The Labute approximate surface area is 176 Å². The number of aliphatic carboxylic acids is 1. The summed E-state index contributed by atoms with van der Waals surface area (Å²) in [6.07, 6.45) is 5.51. The van der Waals surface area contributed by atoms with Crippen molar-refractivity contribution in [2.24, 2.45) is 0 Å². The first-order chi connectivity index (χ1) is 14.6. The van der Waals surface area contributed by atoms with E-state index in [1.807, 2.05) is 30.3 Å². The molecule has 5 nitrogen and oxygen atoms in total. The lowest BCUT2D eigenvalue weighted by Gasteiger charge is -2.16. The molecule has 0 saturated carbocycles. The van der Waals surface area contributed by atoms with Gasteiger partial charge in [0.15, 0.2) is 0 Å². The van der Waals surface area contributed by atoms with Gasteiger partial charge < -0.3 is 15.0 Å². The molecule has 0 bridgehead atoms. The Kier molecular flexibility index (Phi) is 5.88. The van der Waals surface area contributed by atoms with Crippen LogP contribution < -0.4 is 5.32 Å². The van der Waals surface area contributed by atoms with Crippen LogP contribution in [0.4, 0.5) is 0 Å². The van der Waals surface area contributed by atoms with Crippen LogP contribution in [-0.2, 0) is 35.4 Å². The lowest BCUT2D eigenvalue weighted by Crippen LogP contribution is -2.24. The number of aromatic nitrogens is 1. The molecular formula is C25H28N2O3. The third kappa shape index (κ3) is 3.84. The number of nitrogens with one attached hydrogen (secondary N) is 1. The number of rotatable bonds is 3. The SMILES string of the molecule is CNC(=O)C1CCc2ccccc21.O=C(O)Cc1c2n(c3ccccc13)CCCC2. The number of carboxylic acid groups (broad SMARTS) is 1. The molecule has 1 aliphatic carbocycles. The van der Waals surface area contributed by atoms with Gasteiger partial charge in [0.05, 0.1) is 12.3 Å². The molecule has 1 aromatic heterocycles. The standard InChI is InChI=1S/C14H15NO2.C11H13NO/c16-14(17)9-11-10-5-1-2-6-12(10)15-8-4-3-7-13(11)15;1-12-11(13)10-7-6-8-4-2-3-5-9(8)10/h1-2,5-6H,3-4,7-9H2,(H,16,17);2-5,10H,6-7H2,1H3,(H,12,13). The monoisotopic (exact) mass is 404 g/mol. The minimum absolute atomic E-state index is 0.0844. The van der Waals surface area contributed by atoms with Crippen molar-refractivity contribution >= 4 is 22.8 Å². The number of benzene rings is 2. The van der Waals surface area contributed by atoms with Gasteiger partial charge in [-0.25, -0.2) is 0 Å². The number of hydrogen-bond donors (Lipinski definition) is 2. The molecular weight excluding hydrogens is 376 g/mol. The van der Waals surface area contributed by atoms with Gasteiger partial charge in [0.2, 0.25) is 5.91 Å². The van der Waals surface area contributed by atoms with Gasteiger partial charge in [0.1, 0.15) is 0 Å². The molecule has 0 radical (unpaired) electrons. The first kappa shape index (κ1) is 20.2. The Morgan fingerprint density at radius 3 is 2.63 bits per heavy atom. The van der Waals surface area contributed by atoms with Crippen LogP contribution in [0.15, 0.2) is 48.5 Å². The molecule has 1 unspecified atom stereocenters. The summed E-state index contributed by atoms with van der Waals surface area (Å²) < 4.78 is 2.30. The predicted molar refractivity (Wildman–Crippen MR) is 118 cm³/mol. The van der Waals surface area contributed by atoms with Gasteiger partial charge in [-0.2, -0.15) is 0 Å². The van der Waals surface area contributed by atoms with Gasteiger partial charge in [-0.3, -0.25) is 9.59 Å². The van der Waals surface area contributed by atoms with Crippen LogP contribution in [0.25, 0.3) is 10.9 Å². The van der Waals surface area contributed by atoms with E-state index >= 15 is 0 Å². The first-order valence-electron chi connectivity index (χ1n) is 10.7. The summed E-state index contributed by atoms with van der Waals surface area (Å²) in [7, 11) is 1.70. The number of carbonyl (C=O) groups excluding carboxylic acids is 1. The molecule has 0 spiro atoms. The second kappa shape index (κ2) is 8.74. The van der Waals surface area contributed by atoms with Gasteiger partial charge in [0, 0.05) is 30.2 Å². The fourth-order valence-electron chi connectivity index (χ4n) is 4.88. The molecule has 5 rings (SSSR count). The zero-order valence-corrected chi connectivity index (χ0v) is 17.4. The summed E-state index contributed by atoms with van der Waals surface area (Å²) in [5.74, 6) is -0.513. The number of hydrogen-bond acceptors (Lipinski definition) is 2. The van der Waals surface area contributed by atoms with E-state index < -0.39 is 5.97 Å². The molecule has 0 saturated heterocycles. The Bertz CT molecular complexity index is 1080. The van der Waals surface area contributed by atoms with Gasteiger partial charge in [-0.1, -0.05) is 42.5 Å². The molecule has 5 heteroatoms. The number of nitrogens with zero attached hydrogens (tertiary/aromatic N) is 1. The molecule has 0 fully saturated rings. The van der Waals surface area contributed by atoms with Crippen molar-refractivity contribution in [2.45, 2.75) is 51.0 Å². The number of amides is 1. The van der Waals surface area contributed by atoms with E-state index in [0.717, 1.165) is 36.8 Å². The van der Waals surface area contributed by atoms with Crippen molar-refractivity contribution in [1.82, 2.24) is 9.88 Å². The zero-order chi connectivity index (χ0) is 21.1. The lowest BCUT2D eigenvalue weighted by atomic mass is 10.0. The van der Waals surface area contributed by atoms with E-state index in [0.29, 0.717) is 0 Å². The maximum Gasteiger partial charge on any atom is 0.307 e. The zero-order valence-electron chi connectivity index (χ0n) is 17.4. The maximum absolute atomic E-state index is 11.5. The second-order valence-corrected chi connectivity index (χ2v) is 8.03. The van der Waals surface area contributed by atoms with E-state index in [4.69, 9.17) is 5.11 Å². The summed E-state index contributed by atoms with van der Waals surface area (Å²) in [4.78, 5) is 22.5. The average Bonchev–Trinajstić information content (AvgIpc) is 3.34.